The molecule has 2 N–H and O–H groups in total. The Kier molecular flexibility index (Phi) is 6.44. The number of hydrogen-bond donors (Lipinski definition) is 2. The predicted octanol–water partition coefficient (Wildman–Crippen LogP) is 4.19. The first-order valence-electron chi connectivity index (χ1n) is 6.33. The van der Waals surface area contributed by atoms with Crippen molar-refractivity contribution in [2.45, 2.75) is 51.8 Å². The van der Waals surface area contributed by atoms with Crippen molar-refractivity contribution >= 4 is 23.2 Å². The molecule has 0 aliphatic rings. The fourth-order valence-corrected chi connectivity index (χ4v) is 2.41. The first-order chi connectivity index (χ1) is 8.43. The molecule has 0 aliphatic carbocycles. The van der Waals surface area contributed by atoms with Crippen LogP contribution in [0.2, 0.25) is 10.0 Å². The lowest BCUT2D eigenvalue weighted by atomic mass is 10.0. The SMILES string of the molecule is CCC(NC(C)CC(C)O)c1ccc(Cl)c(Cl)c1. The zero-order valence-electron chi connectivity index (χ0n) is 11.1. The Hall–Kier alpha value is -0.280. The maximum absolute atomic E-state index is 9.38. The first-order valence-corrected chi connectivity index (χ1v) is 7.08. The second kappa shape index (κ2) is 7.34. The number of aliphatic hydroxyl groups is 1. The zero-order valence-corrected chi connectivity index (χ0v) is 12.6. The molecule has 0 saturated carbocycles. The molecule has 102 valence electrons. The van der Waals surface area contributed by atoms with Crippen LogP contribution in [-0.2, 0) is 0 Å². The summed E-state index contributed by atoms with van der Waals surface area (Å²) in [4.78, 5) is 0. The van der Waals surface area contributed by atoms with Gasteiger partial charge in [0.1, 0.15) is 0 Å². The van der Waals surface area contributed by atoms with Crippen molar-refractivity contribution in [3.8, 4) is 0 Å². The van der Waals surface area contributed by atoms with Gasteiger partial charge in [-0.05, 0) is 44.4 Å². The largest absolute Gasteiger partial charge is 0.393 e. The molecule has 0 fully saturated rings. The van der Waals surface area contributed by atoms with Crippen molar-refractivity contribution < 1.29 is 5.11 Å². The van der Waals surface area contributed by atoms with Crippen molar-refractivity contribution in [1.82, 2.24) is 5.32 Å². The first kappa shape index (κ1) is 15.8. The Morgan fingerprint density at radius 1 is 1.22 bits per heavy atom. The molecule has 0 aliphatic heterocycles. The molecule has 0 bridgehead atoms. The fraction of sp³-hybridized carbons (Fsp3) is 0.571. The van der Waals surface area contributed by atoms with Gasteiger partial charge >= 0.3 is 0 Å². The molecule has 2 nitrogen and oxygen atoms in total. The Morgan fingerprint density at radius 3 is 2.39 bits per heavy atom. The maximum atomic E-state index is 9.38. The molecule has 0 amide bonds. The lowest BCUT2D eigenvalue weighted by molar-refractivity contribution is 0.167. The number of benzene rings is 1. The van der Waals surface area contributed by atoms with Crippen molar-refractivity contribution in [2.75, 3.05) is 0 Å². The van der Waals surface area contributed by atoms with Crippen molar-refractivity contribution in [2.24, 2.45) is 0 Å². The molecule has 0 spiro atoms. The highest BCUT2D eigenvalue weighted by molar-refractivity contribution is 6.42. The highest BCUT2D eigenvalue weighted by atomic mass is 35.5. The maximum Gasteiger partial charge on any atom is 0.0595 e. The Labute approximate surface area is 119 Å². The van der Waals surface area contributed by atoms with E-state index in [1.54, 1.807) is 6.92 Å². The minimum Gasteiger partial charge on any atom is -0.393 e. The molecular weight excluding hydrogens is 269 g/mol. The average Bonchev–Trinajstić information content (AvgIpc) is 2.29. The van der Waals surface area contributed by atoms with Crippen molar-refractivity contribution in [1.29, 1.82) is 0 Å². The third kappa shape index (κ3) is 4.77. The Bertz CT molecular complexity index is 382. The summed E-state index contributed by atoms with van der Waals surface area (Å²) in [7, 11) is 0. The van der Waals surface area contributed by atoms with Crippen LogP contribution in [0, 0.1) is 0 Å². The van der Waals surface area contributed by atoms with Gasteiger partial charge in [-0.3, -0.25) is 0 Å². The molecule has 3 unspecified atom stereocenters. The highest BCUT2D eigenvalue weighted by Gasteiger charge is 2.14. The second-order valence-electron chi connectivity index (χ2n) is 4.79. The molecule has 18 heavy (non-hydrogen) atoms. The smallest absolute Gasteiger partial charge is 0.0595 e. The molecule has 1 aromatic carbocycles. The van der Waals surface area contributed by atoms with E-state index in [-0.39, 0.29) is 18.2 Å². The van der Waals surface area contributed by atoms with Gasteiger partial charge in [-0.2, -0.15) is 0 Å². The zero-order chi connectivity index (χ0) is 13.7. The van der Waals surface area contributed by atoms with Gasteiger partial charge < -0.3 is 10.4 Å². The van der Waals surface area contributed by atoms with Crippen LogP contribution < -0.4 is 5.32 Å². The standard InChI is InChI=1S/C14H21Cl2NO/c1-4-14(17-9(2)7-10(3)18)11-5-6-12(15)13(16)8-11/h5-6,8-10,14,17-18H,4,7H2,1-3H3. The summed E-state index contributed by atoms with van der Waals surface area (Å²) < 4.78 is 0. The van der Waals surface area contributed by atoms with Gasteiger partial charge in [-0.25, -0.2) is 0 Å². The van der Waals surface area contributed by atoms with E-state index in [1.807, 2.05) is 18.2 Å². The molecule has 0 saturated heterocycles. The Balaban J connectivity index is 2.73. The van der Waals surface area contributed by atoms with Gasteiger partial charge in [0.05, 0.1) is 16.1 Å². The van der Waals surface area contributed by atoms with E-state index in [2.05, 4.69) is 19.2 Å². The van der Waals surface area contributed by atoms with Gasteiger partial charge in [-0.15, -0.1) is 0 Å². The third-order valence-corrected chi connectivity index (χ3v) is 3.67. The monoisotopic (exact) mass is 289 g/mol. The van der Waals surface area contributed by atoms with E-state index in [1.165, 1.54) is 0 Å². The lowest BCUT2D eigenvalue weighted by Crippen LogP contribution is -2.32. The van der Waals surface area contributed by atoms with Gasteiger partial charge in [0.25, 0.3) is 0 Å². The minimum absolute atomic E-state index is 0.230. The van der Waals surface area contributed by atoms with E-state index in [4.69, 9.17) is 23.2 Å². The van der Waals surface area contributed by atoms with E-state index in [0.717, 1.165) is 18.4 Å². The van der Waals surface area contributed by atoms with Gasteiger partial charge in [0.15, 0.2) is 0 Å². The number of halogens is 2. The van der Waals surface area contributed by atoms with Crippen LogP contribution in [0.15, 0.2) is 18.2 Å². The summed E-state index contributed by atoms with van der Waals surface area (Å²) in [5.41, 5.74) is 1.13. The summed E-state index contributed by atoms with van der Waals surface area (Å²) in [6, 6.07) is 6.20. The number of hydrogen-bond acceptors (Lipinski definition) is 2. The number of nitrogens with one attached hydrogen (secondary N) is 1. The van der Waals surface area contributed by atoms with Crippen LogP contribution in [0.3, 0.4) is 0 Å². The average molecular weight is 290 g/mol. The lowest BCUT2D eigenvalue weighted by Gasteiger charge is -2.24. The summed E-state index contributed by atoms with van der Waals surface area (Å²) in [5, 5.41) is 14.0. The molecule has 1 aromatic rings. The normalized spacial score (nSPS) is 16.3. The predicted molar refractivity (Wildman–Crippen MR) is 78.4 cm³/mol. The summed E-state index contributed by atoms with van der Waals surface area (Å²) >= 11 is 12.0. The van der Waals surface area contributed by atoms with Crippen molar-refractivity contribution in [3.05, 3.63) is 33.8 Å². The quantitative estimate of drug-likeness (QED) is 0.823. The van der Waals surface area contributed by atoms with E-state index < -0.39 is 0 Å². The Morgan fingerprint density at radius 2 is 1.89 bits per heavy atom. The van der Waals surface area contributed by atoms with Crippen molar-refractivity contribution in [3.63, 3.8) is 0 Å². The van der Waals surface area contributed by atoms with E-state index in [9.17, 15) is 5.11 Å². The molecule has 3 atom stereocenters. The van der Waals surface area contributed by atoms with Crippen LogP contribution >= 0.6 is 23.2 Å². The van der Waals surface area contributed by atoms with Gasteiger partial charge in [0, 0.05) is 12.1 Å². The van der Waals surface area contributed by atoms with E-state index >= 15 is 0 Å². The van der Waals surface area contributed by atoms with Crippen LogP contribution in [-0.4, -0.2) is 17.3 Å². The van der Waals surface area contributed by atoms with Gasteiger partial charge in [0.2, 0.25) is 0 Å². The number of rotatable bonds is 6. The van der Waals surface area contributed by atoms with E-state index in [0.29, 0.717) is 10.0 Å². The summed E-state index contributed by atoms with van der Waals surface area (Å²) in [6.07, 6.45) is 1.40. The number of aliphatic hydroxyl groups excluding tert-OH is 1. The van der Waals surface area contributed by atoms with Crippen LogP contribution in [0.25, 0.3) is 0 Å². The van der Waals surface area contributed by atoms with Crippen LogP contribution in [0.4, 0.5) is 0 Å². The minimum atomic E-state index is -0.293. The molecule has 1 rings (SSSR count). The molecule has 0 radical (unpaired) electrons. The van der Waals surface area contributed by atoms with Gasteiger partial charge in [-0.1, -0.05) is 36.2 Å². The second-order valence-corrected chi connectivity index (χ2v) is 5.60. The molecule has 4 heteroatoms. The highest BCUT2D eigenvalue weighted by Crippen LogP contribution is 2.27. The summed E-state index contributed by atoms with van der Waals surface area (Å²) in [6.45, 7) is 6.00. The van der Waals surface area contributed by atoms with Crippen LogP contribution in [0.5, 0.6) is 0 Å². The molecular formula is C14H21Cl2NO. The third-order valence-electron chi connectivity index (χ3n) is 2.93. The summed E-state index contributed by atoms with van der Waals surface area (Å²) in [5.74, 6) is 0. The molecule has 0 heterocycles. The van der Waals surface area contributed by atoms with Crippen LogP contribution in [0.1, 0.15) is 45.2 Å². The topological polar surface area (TPSA) is 32.3 Å². The molecule has 0 aromatic heterocycles. The fourth-order valence-electron chi connectivity index (χ4n) is 2.10.